The predicted molar refractivity (Wildman–Crippen MR) is 69.7 cm³/mol. The molecule has 0 fully saturated rings. The molecule has 0 atom stereocenters. The van der Waals surface area contributed by atoms with Crippen LogP contribution in [0.15, 0.2) is 54.7 Å². The molecule has 0 amide bonds. The van der Waals surface area contributed by atoms with Gasteiger partial charge in [-0.2, -0.15) is 0 Å². The summed E-state index contributed by atoms with van der Waals surface area (Å²) in [5.74, 6) is 0.810. The van der Waals surface area contributed by atoms with E-state index in [2.05, 4.69) is 34.2 Å². The smallest absolute Gasteiger partial charge is 0.125 e. The second kappa shape index (κ2) is 3.98. The molecule has 2 heteroatoms. The van der Waals surface area contributed by atoms with E-state index < -0.39 is 0 Å². The zero-order valence-electron chi connectivity index (χ0n) is 9.59. The molecule has 2 nitrogen and oxygen atoms in total. The Morgan fingerprint density at radius 1 is 0.882 bits per heavy atom. The highest BCUT2D eigenvalue weighted by atomic mass is 14.9. The van der Waals surface area contributed by atoms with Crippen LogP contribution in [0.3, 0.4) is 0 Å². The fraction of sp³-hybridized carbons (Fsp3) is 0.0667. The number of hydrogen-bond donors (Lipinski definition) is 0. The Labute approximate surface area is 100.0 Å². The maximum Gasteiger partial charge on any atom is 0.125 e. The summed E-state index contributed by atoms with van der Waals surface area (Å²) < 4.78 is 0. The van der Waals surface area contributed by atoms with Crippen LogP contribution in [0.4, 0.5) is 0 Å². The molecule has 0 aliphatic heterocycles. The molecule has 0 bridgehead atoms. The van der Waals surface area contributed by atoms with Gasteiger partial charge in [0.25, 0.3) is 0 Å². The lowest BCUT2D eigenvalue weighted by Crippen LogP contribution is -1.88. The summed E-state index contributed by atoms with van der Waals surface area (Å²) in [4.78, 5) is 8.63. The maximum atomic E-state index is 4.40. The Bertz CT molecular complexity index is 660. The third-order valence-electron chi connectivity index (χ3n) is 2.81. The average Bonchev–Trinajstić information content (AvgIpc) is 2.39. The van der Waals surface area contributed by atoms with E-state index in [1.54, 1.807) is 0 Å². The Hall–Kier alpha value is -2.22. The van der Waals surface area contributed by atoms with E-state index in [9.17, 15) is 0 Å². The lowest BCUT2D eigenvalue weighted by atomic mass is 10.0. The van der Waals surface area contributed by atoms with Crippen LogP contribution in [0, 0.1) is 6.92 Å². The van der Waals surface area contributed by atoms with Crippen molar-refractivity contribution in [2.45, 2.75) is 6.92 Å². The van der Waals surface area contributed by atoms with Gasteiger partial charge in [-0.3, -0.25) is 0 Å². The largest absolute Gasteiger partial charge is 0.241 e. The van der Waals surface area contributed by atoms with Gasteiger partial charge in [0, 0.05) is 11.6 Å². The molecule has 0 spiro atoms. The Balaban J connectivity index is 2.17. The van der Waals surface area contributed by atoms with Crippen molar-refractivity contribution in [1.29, 1.82) is 0 Å². The summed E-state index contributed by atoms with van der Waals surface area (Å²) in [5, 5.41) is 1.08. The molecule has 0 saturated carbocycles. The van der Waals surface area contributed by atoms with Crippen molar-refractivity contribution < 1.29 is 0 Å². The first-order valence-electron chi connectivity index (χ1n) is 5.62. The van der Waals surface area contributed by atoms with Crippen molar-refractivity contribution in [3.63, 3.8) is 0 Å². The van der Waals surface area contributed by atoms with Gasteiger partial charge in [0.2, 0.25) is 0 Å². The molecule has 2 aromatic carbocycles. The zero-order chi connectivity index (χ0) is 11.7. The van der Waals surface area contributed by atoms with Crippen LogP contribution in [-0.4, -0.2) is 9.97 Å². The summed E-state index contributed by atoms with van der Waals surface area (Å²) >= 11 is 0. The first-order valence-corrected chi connectivity index (χ1v) is 5.62. The highest BCUT2D eigenvalue weighted by molar-refractivity contribution is 5.83. The molecular formula is C15H12N2. The van der Waals surface area contributed by atoms with Crippen molar-refractivity contribution >= 4 is 10.9 Å². The van der Waals surface area contributed by atoms with E-state index in [1.807, 2.05) is 37.4 Å². The van der Waals surface area contributed by atoms with Crippen LogP contribution in [-0.2, 0) is 0 Å². The lowest BCUT2D eigenvalue weighted by molar-refractivity contribution is 1.09. The molecule has 0 radical (unpaired) electrons. The van der Waals surface area contributed by atoms with E-state index in [1.165, 1.54) is 11.1 Å². The molecule has 3 rings (SSSR count). The van der Waals surface area contributed by atoms with Gasteiger partial charge in [-0.25, -0.2) is 9.97 Å². The Kier molecular flexibility index (Phi) is 2.33. The van der Waals surface area contributed by atoms with Gasteiger partial charge in [-0.05, 0) is 30.2 Å². The summed E-state index contributed by atoms with van der Waals surface area (Å²) in [6.45, 7) is 1.91. The van der Waals surface area contributed by atoms with Crippen LogP contribution < -0.4 is 0 Å². The first-order chi connectivity index (χ1) is 8.33. The molecule has 0 N–H and O–H groups in total. The van der Waals surface area contributed by atoms with Gasteiger partial charge in [-0.1, -0.05) is 36.4 Å². The first kappa shape index (κ1) is 9.97. The monoisotopic (exact) mass is 220 g/mol. The molecule has 0 aliphatic rings. The van der Waals surface area contributed by atoms with Gasteiger partial charge in [-0.15, -0.1) is 0 Å². The summed E-state index contributed by atoms with van der Waals surface area (Å²) in [7, 11) is 0. The van der Waals surface area contributed by atoms with Gasteiger partial charge in [0.05, 0.1) is 5.52 Å². The molecule has 3 aromatic rings. The second-order valence-electron chi connectivity index (χ2n) is 4.06. The van der Waals surface area contributed by atoms with E-state index in [0.29, 0.717) is 0 Å². The SMILES string of the molecule is Cc1ncc2cc(-c3ccccc3)ccc2n1. The quantitative estimate of drug-likeness (QED) is 0.626. The van der Waals surface area contributed by atoms with Crippen LogP contribution in [0.1, 0.15) is 5.82 Å². The van der Waals surface area contributed by atoms with Gasteiger partial charge in [0.15, 0.2) is 0 Å². The topological polar surface area (TPSA) is 25.8 Å². The predicted octanol–water partition coefficient (Wildman–Crippen LogP) is 3.61. The number of hydrogen-bond acceptors (Lipinski definition) is 2. The molecule has 0 unspecified atom stereocenters. The average molecular weight is 220 g/mol. The Morgan fingerprint density at radius 2 is 1.71 bits per heavy atom. The zero-order valence-corrected chi connectivity index (χ0v) is 9.59. The van der Waals surface area contributed by atoms with Crippen molar-refractivity contribution in [3.8, 4) is 11.1 Å². The minimum absolute atomic E-state index is 0.810. The van der Waals surface area contributed by atoms with Gasteiger partial charge >= 0.3 is 0 Å². The molecular weight excluding hydrogens is 208 g/mol. The molecule has 1 heterocycles. The molecule has 17 heavy (non-hydrogen) atoms. The summed E-state index contributed by atoms with van der Waals surface area (Å²) in [6, 6.07) is 16.6. The minimum Gasteiger partial charge on any atom is -0.241 e. The maximum absolute atomic E-state index is 4.40. The number of aryl methyl sites for hydroxylation is 1. The molecule has 0 aliphatic carbocycles. The lowest BCUT2D eigenvalue weighted by Gasteiger charge is -2.03. The van der Waals surface area contributed by atoms with Crippen LogP contribution >= 0.6 is 0 Å². The van der Waals surface area contributed by atoms with E-state index in [-0.39, 0.29) is 0 Å². The number of aromatic nitrogens is 2. The molecule has 82 valence electrons. The van der Waals surface area contributed by atoms with Crippen molar-refractivity contribution in [1.82, 2.24) is 9.97 Å². The second-order valence-corrected chi connectivity index (χ2v) is 4.06. The van der Waals surface area contributed by atoms with Crippen LogP contribution in [0.5, 0.6) is 0 Å². The highest BCUT2D eigenvalue weighted by Gasteiger charge is 2.00. The highest BCUT2D eigenvalue weighted by Crippen LogP contribution is 2.22. The summed E-state index contributed by atoms with van der Waals surface area (Å²) in [6.07, 6.45) is 1.88. The van der Waals surface area contributed by atoms with Crippen LogP contribution in [0.2, 0.25) is 0 Å². The summed E-state index contributed by atoms with van der Waals surface area (Å²) in [5.41, 5.74) is 3.41. The van der Waals surface area contributed by atoms with Gasteiger partial charge < -0.3 is 0 Å². The number of benzene rings is 2. The van der Waals surface area contributed by atoms with E-state index in [0.717, 1.165) is 16.7 Å². The standard InChI is InChI=1S/C15H12N2/c1-11-16-10-14-9-13(7-8-15(14)17-11)12-5-3-2-4-6-12/h2-10H,1H3. The number of rotatable bonds is 1. The fourth-order valence-corrected chi connectivity index (χ4v) is 1.94. The van der Waals surface area contributed by atoms with E-state index >= 15 is 0 Å². The van der Waals surface area contributed by atoms with Crippen molar-refractivity contribution in [2.75, 3.05) is 0 Å². The fourth-order valence-electron chi connectivity index (χ4n) is 1.94. The third-order valence-corrected chi connectivity index (χ3v) is 2.81. The van der Waals surface area contributed by atoms with Gasteiger partial charge in [0.1, 0.15) is 5.82 Å². The van der Waals surface area contributed by atoms with E-state index in [4.69, 9.17) is 0 Å². The van der Waals surface area contributed by atoms with Crippen molar-refractivity contribution in [2.24, 2.45) is 0 Å². The Morgan fingerprint density at radius 3 is 2.53 bits per heavy atom. The van der Waals surface area contributed by atoms with Crippen LogP contribution in [0.25, 0.3) is 22.0 Å². The molecule has 0 saturated heterocycles. The third kappa shape index (κ3) is 1.89. The van der Waals surface area contributed by atoms with Crippen molar-refractivity contribution in [3.05, 3.63) is 60.6 Å². The normalized spacial score (nSPS) is 10.6. The number of fused-ring (bicyclic) bond motifs is 1. The number of nitrogens with zero attached hydrogens (tertiary/aromatic N) is 2. The minimum atomic E-state index is 0.810. The molecule has 1 aromatic heterocycles.